The first-order chi connectivity index (χ1) is 16.1. The fourth-order valence-corrected chi connectivity index (χ4v) is 4.81. The zero-order valence-corrected chi connectivity index (χ0v) is 18.1. The van der Waals surface area contributed by atoms with Crippen molar-refractivity contribution in [2.75, 3.05) is 23.7 Å². The normalized spacial score (nSPS) is 23.4. The highest BCUT2D eigenvalue weighted by molar-refractivity contribution is 6.10. The van der Waals surface area contributed by atoms with Gasteiger partial charge in [-0.05, 0) is 30.9 Å². The van der Waals surface area contributed by atoms with Crippen LogP contribution >= 0.6 is 0 Å². The number of nitrogens with two attached hydrogens (primary N) is 2. The Morgan fingerprint density at radius 1 is 1.26 bits per heavy atom. The van der Waals surface area contributed by atoms with Crippen molar-refractivity contribution in [3.63, 3.8) is 0 Å². The first kappa shape index (κ1) is 22.6. The largest absolute Gasteiger partial charge is 0.438 e. The molecule has 5 rings (SSSR count). The predicted molar refractivity (Wildman–Crippen MR) is 118 cm³/mol. The van der Waals surface area contributed by atoms with Crippen LogP contribution in [0.5, 0.6) is 0 Å². The van der Waals surface area contributed by atoms with Gasteiger partial charge in [0.1, 0.15) is 11.1 Å². The summed E-state index contributed by atoms with van der Waals surface area (Å²) in [5.74, 6) is -0.228. The van der Waals surface area contributed by atoms with Gasteiger partial charge in [-0.15, -0.1) is 0 Å². The molecular weight excluding hydrogens is 451 g/mol. The number of alkyl halides is 3. The number of anilines is 2. The van der Waals surface area contributed by atoms with Crippen molar-refractivity contribution in [2.45, 2.75) is 37.6 Å². The summed E-state index contributed by atoms with van der Waals surface area (Å²) in [5.41, 5.74) is 12.2. The lowest BCUT2D eigenvalue weighted by atomic mass is 9.87. The highest BCUT2D eigenvalue weighted by Crippen LogP contribution is 2.42. The van der Waals surface area contributed by atoms with Crippen molar-refractivity contribution in [1.82, 2.24) is 9.97 Å². The quantitative estimate of drug-likeness (QED) is 0.480. The van der Waals surface area contributed by atoms with Crippen molar-refractivity contribution in [1.29, 1.82) is 0 Å². The smallest absolute Gasteiger partial charge is 0.418 e. The van der Waals surface area contributed by atoms with E-state index in [1.165, 1.54) is 0 Å². The summed E-state index contributed by atoms with van der Waals surface area (Å²) in [6, 6.07) is 2.15. The number of ketones is 1. The van der Waals surface area contributed by atoms with Gasteiger partial charge >= 0.3 is 6.18 Å². The zero-order valence-electron chi connectivity index (χ0n) is 18.1. The molecule has 1 saturated carbocycles. The van der Waals surface area contributed by atoms with E-state index >= 15 is 0 Å². The van der Waals surface area contributed by atoms with Gasteiger partial charge < -0.3 is 25.9 Å². The molecule has 0 radical (unpaired) electrons. The van der Waals surface area contributed by atoms with Crippen LogP contribution in [-0.4, -0.2) is 46.1 Å². The minimum Gasteiger partial charge on any atom is -0.438 e. The molecular formula is C23H24F3N5O3. The second-order valence-electron chi connectivity index (χ2n) is 9.07. The number of aliphatic hydroxyl groups is 1. The number of hydrogen-bond donors (Lipinski definition) is 3. The van der Waals surface area contributed by atoms with Crippen LogP contribution in [0.25, 0.3) is 11.1 Å². The number of halogens is 3. The number of carbonyl (C=O) groups is 1. The van der Waals surface area contributed by atoms with Gasteiger partial charge in [0.2, 0.25) is 5.88 Å². The number of nitrogen functional groups attached to an aromatic ring is 1. The molecule has 1 aliphatic heterocycles. The minimum atomic E-state index is -4.60. The highest BCUT2D eigenvalue weighted by atomic mass is 19.4. The number of Topliss-reactive ketones (excluding diaryl/α,β-unsaturated/α-hetero) is 1. The Hall–Kier alpha value is -3.18. The molecule has 2 fully saturated rings. The van der Waals surface area contributed by atoms with Gasteiger partial charge in [-0.2, -0.15) is 13.2 Å². The zero-order chi connectivity index (χ0) is 24.2. The molecule has 11 heteroatoms. The van der Waals surface area contributed by atoms with Gasteiger partial charge in [-0.25, -0.2) is 0 Å². The van der Waals surface area contributed by atoms with Crippen LogP contribution < -0.4 is 16.4 Å². The number of rotatable bonds is 5. The second kappa shape index (κ2) is 8.24. The van der Waals surface area contributed by atoms with E-state index in [1.54, 1.807) is 18.5 Å². The summed E-state index contributed by atoms with van der Waals surface area (Å²) in [4.78, 5) is 23.2. The number of nitrogens with zero attached hydrogens (tertiary/aromatic N) is 3. The molecule has 3 aromatic heterocycles. The maximum atomic E-state index is 13.2. The third-order valence-corrected chi connectivity index (χ3v) is 6.70. The Bertz CT molecular complexity index is 1240. The SMILES string of the molecule is Nc1oc2cc(C(F)(F)F)cnc2c1C(=O)Cc1cnccc1N1C[C@@H](N)[C@H](O)[C@@H](C2CC2)C1. The van der Waals surface area contributed by atoms with Crippen molar-refractivity contribution >= 4 is 28.5 Å². The lowest BCUT2D eigenvalue weighted by molar-refractivity contribution is -0.137. The van der Waals surface area contributed by atoms with E-state index in [2.05, 4.69) is 14.9 Å². The maximum absolute atomic E-state index is 13.2. The van der Waals surface area contributed by atoms with Crippen molar-refractivity contribution in [3.05, 3.63) is 47.4 Å². The summed E-state index contributed by atoms with van der Waals surface area (Å²) in [7, 11) is 0. The second-order valence-corrected chi connectivity index (χ2v) is 9.07. The molecule has 2 aliphatic rings. The number of pyridine rings is 2. The molecule has 180 valence electrons. The Kier molecular flexibility index (Phi) is 5.48. The lowest BCUT2D eigenvalue weighted by Gasteiger charge is -2.42. The van der Waals surface area contributed by atoms with Gasteiger partial charge in [-0.3, -0.25) is 14.8 Å². The Morgan fingerprint density at radius 3 is 2.74 bits per heavy atom. The molecule has 1 saturated heterocycles. The van der Waals surface area contributed by atoms with Gasteiger partial charge in [0.05, 0.1) is 11.7 Å². The Labute approximate surface area is 192 Å². The first-order valence-electron chi connectivity index (χ1n) is 11.0. The van der Waals surface area contributed by atoms with Crippen molar-refractivity contribution in [2.24, 2.45) is 17.6 Å². The molecule has 8 nitrogen and oxygen atoms in total. The molecule has 0 bridgehead atoms. The number of furan rings is 1. The third-order valence-electron chi connectivity index (χ3n) is 6.70. The van der Waals surface area contributed by atoms with Gasteiger partial charge in [0.25, 0.3) is 0 Å². The van der Waals surface area contributed by atoms with Crippen molar-refractivity contribution in [3.8, 4) is 0 Å². The maximum Gasteiger partial charge on any atom is 0.418 e. The van der Waals surface area contributed by atoms with Crippen molar-refractivity contribution < 1.29 is 27.5 Å². The molecule has 0 unspecified atom stereocenters. The van der Waals surface area contributed by atoms with Crippen LogP contribution in [0, 0.1) is 11.8 Å². The standard InChI is InChI=1S/C23H24F3N5O3/c24-23(25,26)13-6-18-20(30-8-13)19(22(28)34-18)17(32)5-12-7-29-4-3-16(12)31-9-14(11-1-2-11)21(33)15(27)10-31/h3-4,6-8,11,14-15,21,33H,1-2,5,9-10,27-28H2/t14-,15-,21-/m1/s1. The molecule has 1 aliphatic carbocycles. The molecule has 4 heterocycles. The minimum absolute atomic E-state index is 0.0159. The summed E-state index contributed by atoms with van der Waals surface area (Å²) in [6.45, 7) is 1.04. The van der Waals surface area contributed by atoms with E-state index in [4.69, 9.17) is 15.9 Å². The van der Waals surface area contributed by atoms with Gasteiger partial charge in [-0.1, -0.05) is 0 Å². The fraction of sp³-hybridized carbons (Fsp3) is 0.435. The Morgan fingerprint density at radius 2 is 2.03 bits per heavy atom. The molecule has 3 atom stereocenters. The van der Waals surface area contributed by atoms with Gasteiger partial charge in [0, 0.05) is 61.3 Å². The summed E-state index contributed by atoms with van der Waals surface area (Å²) in [5, 5.41) is 10.5. The topological polar surface area (TPSA) is 132 Å². The molecule has 0 amide bonds. The number of fused-ring (bicyclic) bond motifs is 1. The van der Waals surface area contributed by atoms with E-state index in [1.807, 2.05) is 0 Å². The van der Waals surface area contributed by atoms with Gasteiger partial charge in [0.15, 0.2) is 11.4 Å². The number of aromatic nitrogens is 2. The predicted octanol–water partition coefficient (Wildman–Crippen LogP) is 2.78. The molecule has 5 N–H and O–H groups in total. The number of carbonyl (C=O) groups excluding carboxylic acids is 1. The van der Waals surface area contributed by atoms with Crippen LogP contribution in [0.1, 0.15) is 34.3 Å². The average molecular weight is 475 g/mol. The number of piperidine rings is 1. The van der Waals surface area contributed by atoms with E-state index in [0.717, 1.165) is 24.6 Å². The third kappa shape index (κ3) is 4.09. The number of hydrogen-bond acceptors (Lipinski definition) is 8. The molecule has 3 aromatic rings. The van der Waals surface area contributed by atoms with Crippen LogP contribution in [0.2, 0.25) is 0 Å². The van der Waals surface area contributed by atoms with Crippen LogP contribution in [0.15, 0.2) is 35.1 Å². The van der Waals surface area contributed by atoms with Crippen LogP contribution in [0.3, 0.4) is 0 Å². The molecule has 34 heavy (non-hydrogen) atoms. The van der Waals surface area contributed by atoms with Crippen LogP contribution in [0.4, 0.5) is 24.7 Å². The van der Waals surface area contributed by atoms with E-state index in [-0.39, 0.29) is 34.9 Å². The summed E-state index contributed by atoms with van der Waals surface area (Å²) < 4.78 is 44.3. The van der Waals surface area contributed by atoms with E-state index in [0.29, 0.717) is 30.8 Å². The van der Waals surface area contributed by atoms with E-state index < -0.39 is 29.7 Å². The first-order valence-corrected chi connectivity index (χ1v) is 11.0. The Balaban J connectivity index is 1.43. The lowest BCUT2D eigenvalue weighted by Crippen LogP contribution is -2.57. The summed E-state index contributed by atoms with van der Waals surface area (Å²) >= 11 is 0. The highest BCUT2D eigenvalue weighted by Gasteiger charge is 2.43. The fourth-order valence-electron chi connectivity index (χ4n) is 4.81. The number of aliphatic hydroxyl groups excluding tert-OH is 1. The molecule has 0 aromatic carbocycles. The average Bonchev–Trinajstić information content (AvgIpc) is 3.56. The van der Waals surface area contributed by atoms with E-state index in [9.17, 15) is 23.1 Å². The monoisotopic (exact) mass is 475 g/mol. The summed E-state index contributed by atoms with van der Waals surface area (Å²) in [6.07, 6.45) is 0.714. The molecule has 0 spiro atoms. The van der Waals surface area contributed by atoms with Crippen LogP contribution in [-0.2, 0) is 12.6 Å².